The van der Waals surface area contributed by atoms with Crippen molar-refractivity contribution >= 4 is 38.5 Å². The van der Waals surface area contributed by atoms with Gasteiger partial charge < -0.3 is 20.3 Å². The standard InChI is InChI=1S/C18H18N6O4S/c25-15-11-28-17-14(3-5-21-18(17)22-15)29(26,27)24-10-13(23-8-6-19-7-9-23)16-12(24)2-1-4-20-16/h1-5,10,19H,6-9,11H2,(H,21,22,25). The van der Waals surface area contributed by atoms with E-state index in [2.05, 4.69) is 25.5 Å². The first kappa shape index (κ1) is 17.9. The number of anilines is 2. The predicted molar refractivity (Wildman–Crippen MR) is 106 cm³/mol. The first-order chi connectivity index (χ1) is 14.1. The van der Waals surface area contributed by atoms with E-state index in [-0.39, 0.29) is 29.0 Å². The Balaban J connectivity index is 1.68. The van der Waals surface area contributed by atoms with Gasteiger partial charge >= 0.3 is 0 Å². The Hall–Kier alpha value is -3.18. The second-order valence-electron chi connectivity index (χ2n) is 6.75. The van der Waals surface area contributed by atoms with E-state index >= 15 is 0 Å². The summed E-state index contributed by atoms with van der Waals surface area (Å²) in [4.78, 5) is 22.1. The SMILES string of the molecule is O=C1COc2c(S(=O)(=O)n3cc(N4CCNCC4)c4ncccc43)ccnc2N1. The highest BCUT2D eigenvalue weighted by atomic mass is 32.2. The van der Waals surface area contributed by atoms with Crippen LogP contribution in [0.15, 0.2) is 41.7 Å². The van der Waals surface area contributed by atoms with E-state index in [4.69, 9.17) is 4.74 Å². The molecule has 0 spiro atoms. The van der Waals surface area contributed by atoms with Crippen LogP contribution >= 0.6 is 0 Å². The van der Waals surface area contributed by atoms with Gasteiger partial charge in [0.2, 0.25) is 0 Å². The van der Waals surface area contributed by atoms with Crippen molar-refractivity contribution in [2.45, 2.75) is 4.90 Å². The number of fused-ring (bicyclic) bond motifs is 2. The smallest absolute Gasteiger partial charge is 0.272 e. The van der Waals surface area contributed by atoms with Gasteiger partial charge in [-0.25, -0.2) is 17.4 Å². The summed E-state index contributed by atoms with van der Waals surface area (Å²) >= 11 is 0. The van der Waals surface area contributed by atoms with E-state index in [1.165, 1.54) is 16.2 Å². The topological polar surface area (TPSA) is 118 Å². The van der Waals surface area contributed by atoms with Crippen LogP contribution in [0.3, 0.4) is 0 Å². The van der Waals surface area contributed by atoms with Gasteiger partial charge in [-0.3, -0.25) is 9.78 Å². The Morgan fingerprint density at radius 2 is 1.93 bits per heavy atom. The minimum atomic E-state index is -4.02. The molecule has 5 rings (SSSR count). The zero-order chi connectivity index (χ0) is 20.0. The lowest BCUT2D eigenvalue weighted by atomic mass is 10.3. The average Bonchev–Trinajstić information content (AvgIpc) is 3.14. The van der Waals surface area contributed by atoms with Gasteiger partial charge in [-0.1, -0.05) is 0 Å². The highest BCUT2D eigenvalue weighted by Crippen LogP contribution is 2.37. The van der Waals surface area contributed by atoms with Crippen molar-refractivity contribution in [2.75, 3.05) is 43.0 Å². The third-order valence-electron chi connectivity index (χ3n) is 4.97. The van der Waals surface area contributed by atoms with Crippen LogP contribution in [0.5, 0.6) is 5.75 Å². The molecule has 3 aromatic rings. The summed E-state index contributed by atoms with van der Waals surface area (Å²) in [6.45, 7) is 2.89. The Bertz CT molecular complexity index is 1220. The fraction of sp³-hybridized carbons (Fsp3) is 0.278. The molecule has 0 bridgehead atoms. The number of nitrogens with one attached hydrogen (secondary N) is 2. The van der Waals surface area contributed by atoms with Gasteiger partial charge in [0, 0.05) is 44.8 Å². The molecular formula is C18H18N6O4S. The van der Waals surface area contributed by atoms with Crippen molar-refractivity contribution in [3.05, 3.63) is 36.8 Å². The summed E-state index contributed by atoms with van der Waals surface area (Å²) in [5.41, 5.74) is 1.87. The number of piperazine rings is 1. The molecule has 10 nitrogen and oxygen atoms in total. The molecular weight excluding hydrogens is 396 g/mol. The second-order valence-corrected chi connectivity index (χ2v) is 8.53. The lowest BCUT2D eigenvalue weighted by Crippen LogP contribution is -2.43. The quantitative estimate of drug-likeness (QED) is 0.633. The maximum Gasteiger partial charge on any atom is 0.272 e. The first-order valence-electron chi connectivity index (χ1n) is 9.15. The van der Waals surface area contributed by atoms with E-state index in [1.54, 1.807) is 24.5 Å². The van der Waals surface area contributed by atoms with E-state index in [0.29, 0.717) is 11.0 Å². The minimum Gasteiger partial charge on any atom is -0.478 e. The molecule has 11 heteroatoms. The van der Waals surface area contributed by atoms with Crippen molar-refractivity contribution in [2.24, 2.45) is 0 Å². The number of rotatable bonds is 3. The van der Waals surface area contributed by atoms with Crippen LogP contribution in [0.2, 0.25) is 0 Å². The van der Waals surface area contributed by atoms with Crippen LogP contribution in [-0.2, 0) is 14.8 Å². The zero-order valence-corrected chi connectivity index (χ0v) is 16.1. The fourth-order valence-electron chi connectivity index (χ4n) is 3.62. The van der Waals surface area contributed by atoms with Gasteiger partial charge in [-0.2, -0.15) is 0 Å². The van der Waals surface area contributed by atoms with Crippen LogP contribution in [-0.4, -0.2) is 61.1 Å². The molecule has 1 fully saturated rings. The zero-order valence-electron chi connectivity index (χ0n) is 15.3. The normalized spacial score (nSPS) is 17.0. The van der Waals surface area contributed by atoms with Crippen LogP contribution < -0.4 is 20.3 Å². The molecule has 29 heavy (non-hydrogen) atoms. The van der Waals surface area contributed by atoms with Gasteiger partial charge in [-0.15, -0.1) is 0 Å². The Labute approximate surface area is 166 Å². The maximum atomic E-state index is 13.6. The highest BCUT2D eigenvalue weighted by Gasteiger charge is 2.31. The summed E-state index contributed by atoms with van der Waals surface area (Å²) in [7, 11) is -4.02. The lowest BCUT2D eigenvalue weighted by molar-refractivity contribution is -0.118. The molecule has 0 atom stereocenters. The van der Waals surface area contributed by atoms with Crippen LogP contribution in [0.4, 0.5) is 11.5 Å². The summed E-state index contributed by atoms with van der Waals surface area (Å²) in [5.74, 6) is -0.239. The monoisotopic (exact) mass is 414 g/mol. The third-order valence-corrected chi connectivity index (χ3v) is 6.67. The van der Waals surface area contributed by atoms with Crippen LogP contribution in [0.1, 0.15) is 0 Å². The molecule has 0 unspecified atom stereocenters. The van der Waals surface area contributed by atoms with E-state index in [9.17, 15) is 13.2 Å². The second kappa shape index (κ2) is 6.71. The number of hydrogen-bond donors (Lipinski definition) is 2. The molecule has 0 saturated carbocycles. The van der Waals surface area contributed by atoms with E-state index in [0.717, 1.165) is 31.9 Å². The van der Waals surface area contributed by atoms with Gasteiger partial charge in [-0.05, 0) is 18.2 Å². The molecule has 0 aliphatic carbocycles. The molecule has 1 saturated heterocycles. The Kier molecular flexibility index (Phi) is 4.14. The van der Waals surface area contributed by atoms with Crippen molar-refractivity contribution in [1.29, 1.82) is 0 Å². The molecule has 1 amide bonds. The number of carbonyl (C=O) groups is 1. The molecule has 2 aliphatic rings. The lowest BCUT2D eigenvalue weighted by Gasteiger charge is -2.28. The third kappa shape index (κ3) is 2.89. The molecule has 2 aliphatic heterocycles. The minimum absolute atomic E-state index is 0.0431. The largest absolute Gasteiger partial charge is 0.478 e. The molecule has 0 aromatic carbocycles. The summed E-state index contributed by atoms with van der Waals surface area (Å²) in [6.07, 6.45) is 4.59. The number of amides is 1. The van der Waals surface area contributed by atoms with Crippen molar-refractivity contribution in [1.82, 2.24) is 19.3 Å². The molecule has 5 heterocycles. The molecule has 150 valence electrons. The Morgan fingerprint density at radius 1 is 1.10 bits per heavy atom. The Morgan fingerprint density at radius 3 is 2.76 bits per heavy atom. The predicted octanol–water partition coefficient (Wildman–Crippen LogP) is 0.409. The summed E-state index contributed by atoms with van der Waals surface area (Å²) < 4.78 is 33.8. The highest BCUT2D eigenvalue weighted by molar-refractivity contribution is 7.90. The number of ether oxygens (including phenoxy) is 1. The maximum absolute atomic E-state index is 13.6. The van der Waals surface area contributed by atoms with Gasteiger partial charge in [0.05, 0.1) is 11.2 Å². The fourth-order valence-corrected chi connectivity index (χ4v) is 5.10. The van der Waals surface area contributed by atoms with E-state index in [1.807, 2.05) is 0 Å². The number of nitrogens with zero attached hydrogens (tertiary/aromatic N) is 4. The van der Waals surface area contributed by atoms with Crippen LogP contribution in [0, 0.1) is 0 Å². The van der Waals surface area contributed by atoms with Crippen molar-refractivity contribution in [3.8, 4) is 5.75 Å². The number of hydrogen-bond acceptors (Lipinski definition) is 8. The van der Waals surface area contributed by atoms with Gasteiger partial charge in [0.25, 0.3) is 15.9 Å². The average molecular weight is 414 g/mol. The van der Waals surface area contributed by atoms with Crippen molar-refractivity contribution < 1.29 is 17.9 Å². The number of carbonyl (C=O) groups excluding carboxylic acids is 1. The molecule has 3 aromatic heterocycles. The summed E-state index contributed by atoms with van der Waals surface area (Å²) in [6, 6.07) is 4.80. The molecule has 0 radical (unpaired) electrons. The number of aromatic nitrogens is 3. The van der Waals surface area contributed by atoms with Gasteiger partial charge in [0.1, 0.15) is 10.4 Å². The molecule has 2 N–H and O–H groups in total. The first-order valence-corrected chi connectivity index (χ1v) is 10.6. The summed E-state index contributed by atoms with van der Waals surface area (Å²) in [5, 5.41) is 5.83. The van der Waals surface area contributed by atoms with Crippen LogP contribution in [0.25, 0.3) is 11.0 Å². The van der Waals surface area contributed by atoms with E-state index < -0.39 is 10.0 Å². The van der Waals surface area contributed by atoms with Gasteiger partial charge in [0.15, 0.2) is 18.2 Å². The van der Waals surface area contributed by atoms with Crippen molar-refractivity contribution in [3.63, 3.8) is 0 Å². The number of pyridine rings is 2.